The summed E-state index contributed by atoms with van der Waals surface area (Å²) in [6.45, 7) is 2.05. The molecule has 0 aliphatic carbocycles. The summed E-state index contributed by atoms with van der Waals surface area (Å²) in [5.41, 5.74) is 4.65. The lowest BCUT2D eigenvalue weighted by Crippen LogP contribution is -1.98. The highest BCUT2D eigenvalue weighted by molar-refractivity contribution is 5.64. The Morgan fingerprint density at radius 3 is 2.36 bits per heavy atom. The van der Waals surface area contributed by atoms with Crippen LogP contribution in [0.15, 0.2) is 54.9 Å². The third-order valence-electron chi connectivity index (χ3n) is 3.33. The average Bonchev–Trinajstić information content (AvgIpc) is 2.56. The van der Waals surface area contributed by atoms with Crippen LogP contribution in [0.4, 0.5) is 0 Å². The number of hydrogen-bond donors (Lipinski definition) is 0. The van der Waals surface area contributed by atoms with Gasteiger partial charge in [0.05, 0.1) is 23.9 Å². The molecule has 2 aromatic heterocycles. The topological polar surface area (TPSA) is 62.5 Å². The van der Waals surface area contributed by atoms with Crippen LogP contribution in [0, 0.1) is 18.3 Å². The first-order valence-electron chi connectivity index (χ1n) is 6.98. The Labute approximate surface area is 129 Å². The quantitative estimate of drug-likeness (QED) is 0.738. The summed E-state index contributed by atoms with van der Waals surface area (Å²) in [7, 11) is 0. The molecule has 2 heterocycles. The Hall–Kier alpha value is -3.06. The average molecular weight is 286 g/mol. The SMILES string of the molecule is Cc1ccc(-c2cc(CC#N)nc(-c3ccncc3)n2)cc1. The molecule has 3 rings (SSSR count). The predicted octanol–water partition coefficient (Wildman–Crippen LogP) is 3.58. The summed E-state index contributed by atoms with van der Waals surface area (Å²) in [5, 5.41) is 8.96. The zero-order chi connectivity index (χ0) is 15.4. The van der Waals surface area contributed by atoms with Crippen molar-refractivity contribution in [3.63, 3.8) is 0 Å². The second-order valence-electron chi connectivity index (χ2n) is 5.00. The van der Waals surface area contributed by atoms with E-state index in [4.69, 9.17) is 5.26 Å². The molecule has 0 saturated carbocycles. The van der Waals surface area contributed by atoms with Crippen molar-refractivity contribution in [1.29, 1.82) is 5.26 Å². The van der Waals surface area contributed by atoms with Crippen molar-refractivity contribution in [3.05, 3.63) is 66.1 Å². The van der Waals surface area contributed by atoms with Gasteiger partial charge in [0, 0.05) is 23.5 Å². The van der Waals surface area contributed by atoms with Gasteiger partial charge in [0.1, 0.15) is 0 Å². The molecular formula is C18H14N4. The van der Waals surface area contributed by atoms with Gasteiger partial charge in [0.2, 0.25) is 0 Å². The van der Waals surface area contributed by atoms with Gasteiger partial charge >= 0.3 is 0 Å². The highest BCUT2D eigenvalue weighted by atomic mass is 14.9. The summed E-state index contributed by atoms with van der Waals surface area (Å²) < 4.78 is 0. The summed E-state index contributed by atoms with van der Waals surface area (Å²) in [6, 6.07) is 15.9. The normalized spacial score (nSPS) is 10.2. The van der Waals surface area contributed by atoms with Gasteiger partial charge in [-0.3, -0.25) is 4.98 Å². The van der Waals surface area contributed by atoms with Crippen LogP contribution in [0.3, 0.4) is 0 Å². The fraction of sp³-hybridized carbons (Fsp3) is 0.111. The molecule has 0 aliphatic heterocycles. The number of aryl methyl sites for hydroxylation is 1. The molecule has 0 amide bonds. The zero-order valence-corrected chi connectivity index (χ0v) is 12.2. The first-order chi connectivity index (χ1) is 10.8. The lowest BCUT2D eigenvalue weighted by atomic mass is 10.1. The molecule has 0 atom stereocenters. The van der Waals surface area contributed by atoms with Crippen molar-refractivity contribution in [2.45, 2.75) is 13.3 Å². The number of nitriles is 1. The molecule has 0 radical (unpaired) electrons. The Bertz CT molecular complexity index is 818. The van der Waals surface area contributed by atoms with Crippen LogP contribution in [0.1, 0.15) is 11.3 Å². The van der Waals surface area contributed by atoms with E-state index in [9.17, 15) is 0 Å². The number of hydrogen-bond acceptors (Lipinski definition) is 4. The van der Waals surface area contributed by atoms with Crippen LogP contribution in [0.2, 0.25) is 0 Å². The first kappa shape index (κ1) is 13.9. The third kappa shape index (κ3) is 2.99. The zero-order valence-electron chi connectivity index (χ0n) is 12.2. The second kappa shape index (κ2) is 6.15. The molecule has 0 N–H and O–H groups in total. The fourth-order valence-electron chi connectivity index (χ4n) is 2.17. The summed E-state index contributed by atoms with van der Waals surface area (Å²) in [6.07, 6.45) is 3.68. The summed E-state index contributed by atoms with van der Waals surface area (Å²) in [5.74, 6) is 0.616. The minimum absolute atomic E-state index is 0.263. The Balaban J connectivity index is 2.12. The van der Waals surface area contributed by atoms with E-state index in [-0.39, 0.29) is 6.42 Å². The monoisotopic (exact) mass is 286 g/mol. The Morgan fingerprint density at radius 2 is 1.68 bits per heavy atom. The van der Waals surface area contributed by atoms with Crippen LogP contribution in [0.5, 0.6) is 0 Å². The number of pyridine rings is 1. The van der Waals surface area contributed by atoms with Crippen molar-refractivity contribution in [2.24, 2.45) is 0 Å². The largest absolute Gasteiger partial charge is 0.265 e. The van der Waals surface area contributed by atoms with Crippen molar-refractivity contribution in [1.82, 2.24) is 15.0 Å². The number of benzene rings is 1. The van der Waals surface area contributed by atoms with Crippen LogP contribution in [-0.4, -0.2) is 15.0 Å². The molecule has 0 aliphatic rings. The molecule has 3 aromatic rings. The molecule has 1 aromatic carbocycles. The Morgan fingerprint density at radius 1 is 0.955 bits per heavy atom. The molecule has 106 valence electrons. The van der Waals surface area contributed by atoms with Gasteiger partial charge in [0.25, 0.3) is 0 Å². The maximum absolute atomic E-state index is 8.96. The molecule has 4 heteroatoms. The lowest BCUT2D eigenvalue weighted by molar-refractivity contribution is 1.06. The maximum atomic E-state index is 8.96. The van der Waals surface area contributed by atoms with Gasteiger partial charge in [-0.05, 0) is 25.1 Å². The highest BCUT2D eigenvalue weighted by Gasteiger charge is 2.08. The van der Waals surface area contributed by atoms with E-state index >= 15 is 0 Å². The molecule has 0 spiro atoms. The van der Waals surface area contributed by atoms with Crippen LogP contribution in [0.25, 0.3) is 22.6 Å². The fourth-order valence-corrected chi connectivity index (χ4v) is 2.17. The number of nitrogens with zero attached hydrogens (tertiary/aromatic N) is 4. The van der Waals surface area contributed by atoms with Crippen LogP contribution >= 0.6 is 0 Å². The minimum atomic E-state index is 0.263. The molecule has 0 bridgehead atoms. The van der Waals surface area contributed by atoms with E-state index in [1.54, 1.807) is 12.4 Å². The molecule has 0 unspecified atom stereocenters. The molecule has 22 heavy (non-hydrogen) atoms. The first-order valence-corrected chi connectivity index (χ1v) is 6.98. The van der Waals surface area contributed by atoms with E-state index in [0.29, 0.717) is 5.82 Å². The van der Waals surface area contributed by atoms with E-state index in [2.05, 4.69) is 21.0 Å². The maximum Gasteiger partial charge on any atom is 0.160 e. The van der Waals surface area contributed by atoms with E-state index in [1.165, 1.54) is 5.56 Å². The van der Waals surface area contributed by atoms with Crippen molar-refractivity contribution in [2.75, 3.05) is 0 Å². The van der Waals surface area contributed by atoms with Crippen molar-refractivity contribution < 1.29 is 0 Å². The van der Waals surface area contributed by atoms with Gasteiger partial charge in [-0.25, -0.2) is 9.97 Å². The number of rotatable bonds is 3. The second-order valence-corrected chi connectivity index (χ2v) is 5.00. The summed E-state index contributed by atoms with van der Waals surface area (Å²) in [4.78, 5) is 13.1. The highest BCUT2D eigenvalue weighted by Crippen LogP contribution is 2.22. The standard InChI is InChI=1S/C18H14N4/c1-13-2-4-14(5-3-13)17-12-16(6-9-19)21-18(22-17)15-7-10-20-11-8-15/h2-5,7-8,10-12H,6H2,1H3. The number of aromatic nitrogens is 3. The van der Waals surface area contributed by atoms with Gasteiger partial charge in [0.15, 0.2) is 5.82 Å². The van der Waals surface area contributed by atoms with Crippen molar-refractivity contribution in [3.8, 4) is 28.7 Å². The smallest absolute Gasteiger partial charge is 0.160 e. The molecule has 4 nitrogen and oxygen atoms in total. The van der Waals surface area contributed by atoms with E-state index in [1.807, 2.05) is 49.4 Å². The molecule has 0 saturated heterocycles. The van der Waals surface area contributed by atoms with Crippen LogP contribution < -0.4 is 0 Å². The minimum Gasteiger partial charge on any atom is -0.265 e. The third-order valence-corrected chi connectivity index (χ3v) is 3.33. The summed E-state index contributed by atoms with van der Waals surface area (Å²) >= 11 is 0. The molecular weight excluding hydrogens is 272 g/mol. The van der Waals surface area contributed by atoms with Crippen LogP contribution in [-0.2, 0) is 6.42 Å². The molecule has 0 fully saturated rings. The van der Waals surface area contributed by atoms with Gasteiger partial charge in [-0.1, -0.05) is 29.8 Å². The predicted molar refractivity (Wildman–Crippen MR) is 84.8 cm³/mol. The Kier molecular flexibility index (Phi) is 3.88. The van der Waals surface area contributed by atoms with E-state index in [0.717, 1.165) is 22.5 Å². The van der Waals surface area contributed by atoms with Crippen molar-refractivity contribution >= 4 is 0 Å². The van der Waals surface area contributed by atoms with Gasteiger partial charge in [-0.15, -0.1) is 0 Å². The van der Waals surface area contributed by atoms with Gasteiger partial charge < -0.3 is 0 Å². The van der Waals surface area contributed by atoms with Gasteiger partial charge in [-0.2, -0.15) is 5.26 Å². The lowest BCUT2D eigenvalue weighted by Gasteiger charge is -2.07. The van der Waals surface area contributed by atoms with E-state index < -0.39 is 0 Å².